The van der Waals surface area contributed by atoms with E-state index >= 15 is 4.39 Å². The zero-order valence-electron chi connectivity index (χ0n) is 28.4. The van der Waals surface area contributed by atoms with Crippen molar-refractivity contribution in [2.45, 2.75) is 53.4 Å². The molecule has 0 aliphatic carbocycles. The zero-order chi connectivity index (χ0) is 34.2. The van der Waals surface area contributed by atoms with Gasteiger partial charge in [-0.2, -0.15) is 0 Å². The maximum atomic E-state index is 16.6. The molecule has 3 aromatic rings. The van der Waals surface area contributed by atoms with Gasteiger partial charge in [-0.3, -0.25) is 14.6 Å². The van der Waals surface area contributed by atoms with E-state index in [1.165, 1.54) is 18.4 Å². The molecule has 3 aromatic carbocycles. The van der Waals surface area contributed by atoms with Crippen LogP contribution in [0.3, 0.4) is 0 Å². The van der Waals surface area contributed by atoms with Crippen molar-refractivity contribution >= 4 is 34.4 Å². The van der Waals surface area contributed by atoms with Gasteiger partial charge in [-0.15, -0.1) is 6.42 Å². The number of nitrogens with one attached hydrogen (secondary N) is 1. The number of Topliss-reactive ketones (excluding diaryl/α,β-unsaturated/α-hetero) is 1. The number of rotatable bonds is 11. The standard InChI is InChI=1S/C40H45FN4O3/c1-6-17-42-35(8-3)31-16-13-21-45(26-31)37-34(41)25-33(38(46)32(7-2)40(47)43-18-22-44-19-11-12-20-44)28(5)39(37)48-36-24-30-15-10-9-14-29(30)23-27(36)4/h1,7-10,14-15,17,23-25,31H,11-13,16,18-22,26H2,2-5H3,(H,43,47)/b32-7+,35-8-,42-17?. The molecule has 48 heavy (non-hydrogen) atoms. The number of ketones is 1. The number of carbonyl (C=O) groups excluding carboxylic acids is 2. The summed E-state index contributed by atoms with van der Waals surface area (Å²) in [6.07, 6.45) is 14.3. The van der Waals surface area contributed by atoms with Crippen molar-refractivity contribution in [2.24, 2.45) is 10.9 Å². The lowest BCUT2D eigenvalue weighted by Crippen LogP contribution is -2.37. The van der Waals surface area contributed by atoms with E-state index in [1.54, 1.807) is 13.8 Å². The van der Waals surface area contributed by atoms with Gasteiger partial charge in [0.05, 0.1) is 11.8 Å². The molecule has 2 aliphatic rings. The zero-order valence-corrected chi connectivity index (χ0v) is 28.4. The molecule has 1 unspecified atom stereocenters. The summed E-state index contributed by atoms with van der Waals surface area (Å²) in [7, 11) is 0. The largest absolute Gasteiger partial charge is 0.454 e. The lowest BCUT2D eigenvalue weighted by Gasteiger charge is -2.36. The average Bonchev–Trinajstić information content (AvgIpc) is 3.61. The fraction of sp³-hybridized carbons (Fsp3) is 0.375. The number of anilines is 1. The number of hydrogen-bond acceptors (Lipinski definition) is 6. The third-order valence-corrected chi connectivity index (χ3v) is 9.39. The Morgan fingerprint density at radius 2 is 1.79 bits per heavy atom. The molecule has 2 aliphatic heterocycles. The number of aliphatic imine (C=N–C) groups is 1. The summed E-state index contributed by atoms with van der Waals surface area (Å²) in [5.41, 5.74) is 2.54. The molecule has 7 nitrogen and oxygen atoms in total. The van der Waals surface area contributed by atoms with Crippen LogP contribution < -0.4 is 15.0 Å². The molecule has 8 heteroatoms. The smallest absolute Gasteiger partial charge is 0.254 e. The third kappa shape index (κ3) is 7.69. The number of benzene rings is 3. The monoisotopic (exact) mass is 648 g/mol. The van der Waals surface area contributed by atoms with E-state index in [9.17, 15) is 9.59 Å². The van der Waals surface area contributed by atoms with Gasteiger partial charge in [0.2, 0.25) is 0 Å². The minimum atomic E-state index is -0.586. The number of ether oxygens (including phenoxy) is 1. The highest BCUT2D eigenvalue weighted by atomic mass is 19.1. The third-order valence-electron chi connectivity index (χ3n) is 9.39. The van der Waals surface area contributed by atoms with Gasteiger partial charge in [0.1, 0.15) is 11.4 Å². The quantitative estimate of drug-likeness (QED) is 0.0581. The number of carbonyl (C=O) groups is 2. The van der Waals surface area contributed by atoms with E-state index in [4.69, 9.17) is 11.2 Å². The number of allylic oxidation sites excluding steroid dienone is 2. The number of aryl methyl sites for hydroxylation is 1. The molecule has 1 atom stereocenters. The molecule has 5 rings (SSSR count). The van der Waals surface area contributed by atoms with Gasteiger partial charge < -0.3 is 19.9 Å². The minimum absolute atomic E-state index is 0.0263. The van der Waals surface area contributed by atoms with Gasteiger partial charge in [-0.25, -0.2) is 4.39 Å². The van der Waals surface area contributed by atoms with Gasteiger partial charge in [0.15, 0.2) is 17.3 Å². The first-order valence-corrected chi connectivity index (χ1v) is 16.9. The number of halogens is 1. The predicted octanol–water partition coefficient (Wildman–Crippen LogP) is 7.55. The molecule has 2 fully saturated rings. The van der Waals surface area contributed by atoms with E-state index in [0.717, 1.165) is 67.4 Å². The number of likely N-dealkylation sites (tertiary alicyclic amines) is 1. The maximum Gasteiger partial charge on any atom is 0.254 e. The Balaban J connectivity index is 1.53. The van der Waals surface area contributed by atoms with E-state index in [2.05, 4.69) is 21.1 Å². The Kier molecular flexibility index (Phi) is 11.5. The van der Waals surface area contributed by atoms with E-state index in [1.807, 2.05) is 61.2 Å². The number of nitrogens with zero attached hydrogens (tertiary/aromatic N) is 3. The summed E-state index contributed by atoms with van der Waals surface area (Å²) in [4.78, 5) is 36.0. The van der Waals surface area contributed by atoms with Crippen LogP contribution in [0.1, 0.15) is 61.0 Å². The van der Waals surface area contributed by atoms with E-state index in [0.29, 0.717) is 30.9 Å². The molecular weight excluding hydrogens is 603 g/mol. The molecule has 0 bridgehead atoms. The number of fused-ring (bicyclic) bond motifs is 1. The van der Waals surface area contributed by atoms with Crippen LogP contribution in [0, 0.1) is 37.9 Å². The van der Waals surface area contributed by atoms with E-state index in [-0.39, 0.29) is 28.5 Å². The SMILES string of the molecule is C#CC=N/C(=C\C)C1CCCN(c2c(F)cc(C(=O)/C(=C\C)C(=O)NCCN3CCCC3)c(C)c2Oc2cc3ccccc3cc2C)C1. The first-order chi connectivity index (χ1) is 23.2. The molecule has 0 saturated carbocycles. The number of piperidine rings is 1. The van der Waals surface area contributed by atoms with Crippen molar-refractivity contribution in [2.75, 3.05) is 44.2 Å². The Hall–Kier alpha value is -4.74. The molecular formula is C40H45FN4O3. The topological polar surface area (TPSA) is 74.2 Å². The summed E-state index contributed by atoms with van der Waals surface area (Å²) in [5, 5.41) is 4.93. The van der Waals surface area contributed by atoms with Crippen molar-refractivity contribution < 1.29 is 18.7 Å². The second-order valence-corrected chi connectivity index (χ2v) is 12.5. The van der Waals surface area contributed by atoms with Crippen molar-refractivity contribution in [3.05, 3.63) is 88.4 Å². The second kappa shape index (κ2) is 15.9. The number of hydrogen-bond donors (Lipinski definition) is 1. The first kappa shape index (κ1) is 34.6. The van der Waals surface area contributed by atoms with Crippen LogP contribution in [0.2, 0.25) is 0 Å². The number of amides is 1. The van der Waals surface area contributed by atoms with Crippen LogP contribution in [0.15, 0.2) is 70.9 Å². The van der Waals surface area contributed by atoms with Crippen LogP contribution in [0.25, 0.3) is 10.8 Å². The minimum Gasteiger partial charge on any atom is -0.454 e. The van der Waals surface area contributed by atoms with Crippen molar-refractivity contribution in [1.82, 2.24) is 10.2 Å². The summed E-state index contributed by atoms with van der Waals surface area (Å²) >= 11 is 0. The van der Waals surface area contributed by atoms with Crippen LogP contribution in [-0.4, -0.2) is 62.1 Å². The number of terminal acetylenes is 1. The summed E-state index contributed by atoms with van der Waals surface area (Å²) < 4.78 is 23.2. The Morgan fingerprint density at radius 1 is 1.06 bits per heavy atom. The van der Waals surface area contributed by atoms with Crippen molar-refractivity contribution in [3.8, 4) is 23.8 Å². The van der Waals surface area contributed by atoms with Gasteiger partial charge in [-0.05, 0) is 101 Å². The lowest BCUT2D eigenvalue weighted by atomic mass is 9.92. The van der Waals surface area contributed by atoms with Crippen LogP contribution in [0.4, 0.5) is 10.1 Å². The fourth-order valence-electron chi connectivity index (χ4n) is 6.81. The van der Waals surface area contributed by atoms with Gasteiger partial charge in [-0.1, -0.05) is 42.3 Å². The highest BCUT2D eigenvalue weighted by Gasteiger charge is 2.31. The van der Waals surface area contributed by atoms with Crippen LogP contribution in [-0.2, 0) is 4.79 Å². The summed E-state index contributed by atoms with van der Waals surface area (Å²) in [5.74, 6) is 1.71. The van der Waals surface area contributed by atoms with Crippen molar-refractivity contribution in [3.63, 3.8) is 0 Å². The molecule has 2 saturated heterocycles. The predicted molar refractivity (Wildman–Crippen MR) is 193 cm³/mol. The Labute approximate surface area is 283 Å². The van der Waals surface area contributed by atoms with Gasteiger partial charge >= 0.3 is 0 Å². The Bertz CT molecular complexity index is 1810. The van der Waals surface area contributed by atoms with Crippen molar-refractivity contribution in [1.29, 1.82) is 0 Å². The molecule has 2 heterocycles. The molecule has 250 valence electrons. The lowest BCUT2D eigenvalue weighted by molar-refractivity contribution is -0.117. The first-order valence-electron chi connectivity index (χ1n) is 16.9. The normalized spacial score (nSPS) is 17.6. The molecule has 1 N–H and O–H groups in total. The second-order valence-electron chi connectivity index (χ2n) is 12.5. The van der Waals surface area contributed by atoms with E-state index < -0.39 is 17.5 Å². The summed E-state index contributed by atoms with van der Waals surface area (Å²) in [6.45, 7) is 11.6. The maximum absolute atomic E-state index is 16.6. The average molecular weight is 649 g/mol. The Morgan fingerprint density at radius 3 is 2.48 bits per heavy atom. The van der Waals surface area contributed by atoms with Crippen LogP contribution in [0.5, 0.6) is 11.5 Å². The fourth-order valence-corrected chi connectivity index (χ4v) is 6.81. The highest BCUT2D eigenvalue weighted by Crippen LogP contribution is 2.43. The highest BCUT2D eigenvalue weighted by molar-refractivity contribution is 6.26. The molecule has 0 radical (unpaired) electrons. The van der Waals surface area contributed by atoms with Gasteiger partial charge in [0.25, 0.3) is 5.91 Å². The molecule has 0 spiro atoms. The van der Waals surface area contributed by atoms with Crippen LogP contribution >= 0.6 is 0 Å². The van der Waals surface area contributed by atoms with Gasteiger partial charge in [0, 0.05) is 48.9 Å². The summed E-state index contributed by atoms with van der Waals surface area (Å²) in [6, 6.07) is 13.2. The molecule has 1 amide bonds. The molecule has 0 aromatic heterocycles.